The number of carbonyl (C=O) groups excluding carboxylic acids is 3. The second-order valence-electron chi connectivity index (χ2n) is 27.9. The van der Waals surface area contributed by atoms with Crippen molar-refractivity contribution < 1.29 is 56.2 Å². The van der Waals surface area contributed by atoms with Crippen LogP contribution < -0.4 is 14.2 Å². The van der Waals surface area contributed by atoms with Gasteiger partial charge in [-0.3, -0.25) is 28.0 Å². The van der Waals surface area contributed by atoms with Crippen LogP contribution in [0.5, 0.6) is 17.2 Å². The molecule has 6 aliphatic heterocycles. The Morgan fingerprint density at radius 3 is 1.11 bits per heavy atom. The Hall–Kier alpha value is -6.03. The van der Waals surface area contributed by atoms with E-state index in [1.807, 2.05) is 107 Å². The van der Waals surface area contributed by atoms with Crippen molar-refractivity contribution >= 4 is 25.5 Å². The van der Waals surface area contributed by atoms with Gasteiger partial charge in [0.2, 0.25) is 17.7 Å². The average molecular weight is 1160 g/mol. The zero-order chi connectivity index (χ0) is 60.5. The first-order chi connectivity index (χ1) is 38.7. The maximum atomic E-state index is 16.2. The van der Waals surface area contributed by atoms with Crippen molar-refractivity contribution in [3.8, 4) is 35.5 Å². The molecule has 6 aliphatic rings. The van der Waals surface area contributed by atoms with E-state index < -0.39 is 83.1 Å². The second kappa shape index (κ2) is 22.4. The third-order valence-electron chi connectivity index (χ3n) is 16.9. The lowest BCUT2D eigenvalue weighted by molar-refractivity contribution is -0.191. The molecule has 0 aliphatic carbocycles. The van der Waals surface area contributed by atoms with E-state index in [1.54, 1.807) is 59.5 Å². The van der Waals surface area contributed by atoms with Gasteiger partial charge >= 0.3 is 7.82 Å². The maximum absolute atomic E-state index is 16.2. The number of rotatable bonds is 19. The molecule has 446 valence electrons. The van der Waals surface area contributed by atoms with Crippen LogP contribution in [0.2, 0.25) is 0 Å². The monoisotopic (exact) mass is 1160 g/mol. The van der Waals surface area contributed by atoms with Crippen LogP contribution in [0.1, 0.15) is 200 Å². The largest absolute Gasteiger partial charge is 0.485 e. The number of ether oxygens (including phenoxy) is 5. The molecule has 0 radical (unpaired) electrons. The van der Waals surface area contributed by atoms with Gasteiger partial charge in [0.1, 0.15) is 52.4 Å². The van der Waals surface area contributed by atoms with Crippen molar-refractivity contribution in [2.24, 2.45) is 10.8 Å². The van der Waals surface area contributed by atoms with Crippen molar-refractivity contribution in [1.29, 1.82) is 15.8 Å². The van der Waals surface area contributed by atoms with E-state index in [0.717, 1.165) is 0 Å². The fraction of sp³-hybridized carbons (Fsp3) is 0.625. The van der Waals surface area contributed by atoms with Gasteiger partial charge in [-0.25, -0.2) is 4.57 Å². The van der Waals surface area contributed by atoms with Gasteiger partial charge in [-0.15, -0.1) is 0 Å². The number of amides is 3. The normalized spacial score (nSPS) is 24.9. The molecule has 3 saturated heterocycles. The number of benzene rings is 3. The molecule has 0 unspecified atom stereocenters. The summed E-state index contributed by atoms with van der Waals surface area (Å²) in [7, 11) is -4.73. The van der Waals surface area contributed by atoms with Crippen molar-refractivity contribution in [1.82, 2.24) is 14.7 Å². The lowest BCUT2D eigenvalue weighted by Gasteiger charge is -2.50. The Kier molecular flexibility index (Phi) is 16.6. The van der Waals surface area contributed by atoms with Crippen LogP contribution >= 0.6 is 7.82 Å². The summed E-state index contributed by atoms with van der Waals surface area (Å²) in [5.74, 6) is 1.53. The molecule has 6 heterocycles. The Balaban J connectivity index is 1.01. The van der Waals surface area contributed by atoms with Gasteiger partial charge in [0.15, 0.2) is 0 Å². The summed E-state index contributed by atoms with van der Waals surface area (Å²) >= 11 is 0. The van der Waals surface area contributed by atoms with E-state index in [1.165, 1.54) is 0 Å². The van der Waals surface area contributed by atoms with E-state index in [2.05, 4.69) is 18.2 Å². The lowest BCUT2D eigenvalue weighted by atomic mass is 9.80. The summed E-state index contributed by atoms with van der Waals surface area (Å²) in [5, 5.41) is 30.0. The van der Waals surface area contributed by atoms with Crippen molar-refractivity contribution in [3.05, 3.63) is 88.0 Å². The lowest BCUT2D eigenvalue weighted by Crippen LogP contribution is -2.57. The molecule has 0 N–H and O–H groups in total. The summed E-state index contributed by atoms with van der Waals surface area (Å²) < 4.78 is 70.7. The smallest absolute Gasteiger partial charge is 0.475 e. The first-order valence-corrected chi connectivity index (χ1v) is 30.7. The van der Waals surface area contributed by atoms with Crippen LogP contribution in [0.15, 0.2) is 54.6 Å². The average Bonchev–Trinajstić information content (AvgIpc) is 3.80. The van der Waals surface area contributed by atoms with E-state index in [4.69, 9.17) is 37.3 Å². The highest BCUT2D eigenvalue weighted by Crippen LogP contribution is 2.59. The quantitative estimate of drug-likeness (QED) is 0.102. The van der Waals surface area contributed by atoms with Crippen LogP contribution in [-0.4, -0.2) is 112 Å². The van der Waals surface area contributed by atoms with E-state index in [-0.39, 0.29) is 30.9 Å². The Bertz CT molecular complexity index is 3050. The van der Waals surface area contributed by atoms with Gasteiger partial charge in [0.05, 0.1) is 77.4 Å². The highest BCUT2D eigenvalue weighted by Gasteiger charge is 2.56. The van der Waals surface area contributed by atoms with Gasteiger partial charge in [0.25, 0.3) is 0 Å². The molecule has 3 aromatic carbocycles. The molecule has 3 aromatic rings. The maximum Gasteiger partial charge on any atom is 0.475 e. The number of hydrogen-bond donors (Lipinski definition) is 0. The first kappa shape index (κ1) is 61.5. The molecule has 0 bridgehead atoms. The highest BCUT2D eigenvalue weighted by atomic mass is 31.2. The van der Waals surface area contributed by atoms with Crippen LogP contribution in [-0.2, 0) is 42.0 Å². The summed E-state index contributed by atoms with van der Waals surface area (Å²) in [4.78, 5) is 46.4. The number of hydrogen-bond acceptors (Lipinski definition) is 15. The van der Waals surface area contributed by atoms with Gasteiger partial charge in [-0.1, -0.05) is 27.7 Å². The molecule has 19 heteroatoms. The number of phosphoric acid groups is 1. The zero-order valence-electron chi connectivity index (χ0n) is 50.9. The minimum atomic E-state index is -4.73. The van der Waals surface area contributed by atoms with Gasteiger partial charge in [0, 0.05) is 55.6 Å². The number of phosphoric ester groups is 1. The Morgan fingerprint density at radius 2 is 0.819 bits per heavy atom. The highest BCUT2D eigenvalue weighted by molar-refractivity contribution is 7.48. The molecule has 18 nitrogen and oxygen atoms in total. The fourth-order valence-electron chi connectivity index (χ4n) is 13.9. The van der Waals surface area contributed by atoms with Gasteiger partial charge in [-0.05, 0) is 167 Å². The topological polar surface area (TPSA) is 223 Å². The standard InChI is InChI=1S/C64H83N6O12P/c1-58(2,36-60(5,6)80-55-52(68-27-15-18-49(68)71)43-30-40(33-65)21-24-46(43)77-62(55,9)10)38-75-83(74,82-57-54(70-29-17-20-51(70)73)45-32-42(35-67)23-26-48(45)79-64(57,13)14)76-39-59(3,4)37-61(7,8)81-56-53(69-28-16-19-50(69)72)44-31-41(34-66)22-25-47(44)78-63(56,11)12/h21-26,30-32,52-57H,15-20,27-29,36-39H2,1-14H3/t52-,53-,54-,55+,56+,57+/m0/s1. The molecule has 83 heavy (non-hydrogen) atoms. The number of nitrogens with zero attached hydrogens (tertiary/aromatic N) is 6. The SMILES string of the molecule is CC(C)(COP(=O)(OCC(C)(C)CC(C)(C)O[C@@H]1[C@@H](N2CCCC2=O)c2cc(C#N)ccc2OC1(C)C)O[C@@H]1[C@@H](N2CCCC2=O)c2cc(C#N)ccc2OC1(C)C)CC(C)(C)O[C@@H]1[C@@H](N2CCCC2=O)c2cc(C#N)ccc2OC1(C)C. The van der Waals surface area contributed by atoms with Crippen molar-refractivity contribution in [2.45, 2.75) is 213 Å². The molecule has 0 spiro atoms. The third kappa shape index (κ3) is 13.0. The van der Waals surface area contributed by atoms with Gasteiger partial charge in [-0.2, -0.15) is 15.8 Å². The molecule has 6 atom stereocenters. The Labute approximate surface area is 490 Å². The number of carbonyl (C=O) groups is 3. The number of likely N-dealkylation sites (tertiary alicyclic amines) is 3. The van der Waals surface area contributed by atoms with E-state index in [9.17, 15) is 30.2 Å². The number of fused-ring (bicyclic) bond motifs is 3. The van der Waals surface area contributed by atoms with Crippen molar-refractivity contribution in [2.75, 3.05) is 32.8 Å². The number of nitriles is 3. The summed E-state index contributed by atoms with van der Waals surface area (Å²) in [6, 6.07) is 20.4. The summed E-state index contributed by atoms with van der Waals surface area (Å²) in [5.41, 5.74) is -3.32. The molecule has 0 aromatic heterocycles. The molecular formula is C64H83N6O12P. The zero-order valence-corrected chi connectivity index (χ0v) is 51.8. The van der Waals surface area contributed by atoms with Gasteiger partial charge < -0.3 is 38.4 Å². The molecule has 9 rings (SSSR count). The van der Waals surface area contributed by atoms with Crippen molar-refractivity contribution in [3.63, 3.8) is 0 Å². The molecule has 3 fully saturated rings. The molecular weight excluding hydrogens is 1080 g/mol. The third-order valence-corrected chi connectivity index (χ3v) is 18.3. The Morgan fingerprint density at radius 1 is 0.518 bits per heavy atom. The summed E-state index contributed by atoms with van der Waals surface area (Å²) in [6.45, 7) is 28.3. The van der Waals surface area contributed by atoms with Crippen LogP contribution in [0.4, 0.5) is 0 Å². The minimum Gasteiger partial charge on any atom is -0.485 e. The second-order valence-corrected chi connectivity index (χ2v) is 29.5. The fourth-order valence-corrected chi connectivity index (χ4v) is 15.7. The van der Waals surface area contributed by atoms with Crippen LogP contribution in [0.25, 0.3) is 0 Å². The minimum absolute atomic E-state index is 0.00160. The molecule has 0 saturated carbocycles. The van der Waals surface area contributed by atoms with Crippen LogP contribution in [0, 0.1) is 44.8 Å². The summed E-state index contributed by atoms with van der Waals surface area (Å²) in [6.07, 6.45) is 1.31. The van der Waals surface area contributed by atoms with Crippen LogP contribution in [0.3, 0.4) is 0 Å². The first-order valence-electron chi connectivity index (χ1n) is 29.2. The van der Waals surface area contributed by atoms with E-state index in [0.29, 0.717) is 122 Å². The van der Waals surface area contributed by atoms with E-state index >= 15 is 4.57 Å². The molecule has 3 amide bonds. The predicted molar refractivity (Wildman–Crippen MR) is 308 cm³/mol. The predicted octanol–water partition coefficient (Wildman–Crippen LogP) is 11.9.